The SMILES string of the molecule is CN(C)c1ccc(-c2nc3ncccc3[nH]2)cc1.Cl. The van der Waals surface area contributed by atoms with Crippen LogP contribution in [0.3, 0.4) is 0 Å². The zero-order chi connectivity index (χ0) is 12.5. The number of nitrogens with zero attached hydrogens (tertiary/aromatic N) is 3. The minimum Gasteiger partial charge on any atom is -0.378 e. The number of fused-ring (bicyclic) bond motifs is 1. The normalized spacial score (nSPS) is 10.2. The Morgan fingerprint density at radius 1 is 1.05 bits per heavy atom. The van der Waals surface area contributed by atoms with Crippen molar-refractivity contribution in [3.8, 4) is 11.4 Å². The second-order valence-corrected chi connectivity index (χ2v) is 4.40. The zero-order valence-corrected chi connectivity index (χ0v) is 11.6. The van der Waals surface area contributed by atoms with Crippen molar-refractivity contribution in [1.82, 2.24) is 15.0 Å². The molecule has 0 spiro atoms. The van der Waals surface area contributed by atoms with E-state index in [0.717, 1.165) is 22.6 Å². The number of rotatable bonds is 2. The van der Waals surface area contributed by atoms with E-state index in [9.17, 15) is 0 Å². The highest BCUT2D eigenvalue weighted by Gasteiger charge is 2.05. The molecule has 0 atom stereocenters. The molecule has 0 aliphatic rings. The summed E-state index contributed by atoms with van der Waals surface area (Å²) < 4.78 is 0. The summed E-state index contributed by atoms with van der Waals surface area (Å²) in [5.41, 5.74) is 3.96. The lowest BCUT2D eigenvalue weighted by molar-refractivity contribution is 1.13. The number of benzene rings is 1. The Hall–Kier alpha value is -2.07. The smallest absolute Gasteiger partial charge is 0.178 e. The first-order valence-corrected chi connectivity index (χ1v) is 5.82. The fraction of sp³-hybridized carbons (Fsp3) is 0.143. The van der Waals surface area contributed by atoms with Gasteiger partial charge in [-0.05, 0) is 36.4 Å². The number of aromatic amines is 1. The maximum Gasteiger partial charge on any atom is 0.178 e. The number of halogens is 1. The molecule has 0 saturated carbocycles. The molecular weight excluding hydrogens is 260 g/mol. The molecule has 3 rings (SSSR count). The Morgan fingerprint density at radius 3 is 2.42 bits per heavy atom. The Kier molecular flexibility index (Phi) is 3.71. The van der Waals surface area contributed by atoms with Gasteiger partial charge < -0.3 is 9.88 Å². The molecule has 98 valence electrons. The van der Waals surface area contributed by atoms with Crippen LogP contribution in [-0.4, -0.2) is 29.0 Å². The molecule has 5 heteroatoms. The number of hydrogen-bond acceptors (Lipinski definition) is 3. The summed E-state index contributed by atoms with van der Waals surface area (Å²) in [6, 6.07) is 12.2. The molecular formula is C14H15ClN4. The van der Waals surface area contributed by atoms with Gasteiger partial charge in [0.25, 0.3) is 0 Å². The van der Waals surface area contributed by atoms with Crippen LogP contribution < -0.4 is 4.90 Å². The summed E-state index contributed by atoms with van der Waals surface area (Å²) in [5.74, 6) is 0.856. The zero-order valence-electron chi connectivity index (χ0n) is 10.8. The third kappa shape index (κ3) is 2.53. The average molecular weight is 275 g/mol. The van der Waals surface area contributed by atoms with Gasteiger partial charge in [0.15, 0.2) is 5.65 Å². The molecule has 19 heavy (non-hydrogen) atoms. The lowest BCUT2D eigenvalue weighted by atomic mass is 10.2. The highest BCUT2D eigenvalue weighted by atomic mass is 35.5. The van der Waals surface area contributed by atoms with Crippen molar-refractivity contribution in [2.75, 3.05) is 19.0 Å². The van der Waals surface area contributed by atoms with E-state index in [4.69, 9.17) is 0 Å². The molecule has 0 aliphatic carbocycles. The van der Waals surface area contributed by atoms with Gasteiger partial charge in [-0.25, -0.2) is 9.97 Å². The number of nitrogens with one attached hydrogen (secondary N) is 1. The van der Waals surface area contributed by atoms with Gasteiger partial charge in [-0.1, -0.05) is 0 Å². The van der Waals surface area contributed by atoms with Gasteiger partial charge in [-0.3, -0.25) is 0 Å². The van der Waals surface area contributed by atoms with Crippen molar-refractivity contribution < 1.29 is 0 Å². The molecule has 0 radical (unpaired) electrons. The van der Waals surface area contributed by atoms with Crippen LogP contribution in [0.4, 0.5) is 5.69 Å². The first-order valence-electron chi connectivity index (χ1n) is 5.82. The Bertz CT molecular complexity index is 640. The van der Waals surface area contributed by atoms with Gasteiger partial charge in [0.05, 0.1) is 5.52 Å². The topological polar surface area (TPSA) is 44.8 Å². The van der Waals surface area contributed by atoms with Crippen LogP contribution in [0.15, 0.2) is 42.6 Å². The molecule has 2 aromatic heterocycles. The van der Waals surface area contributed by atoms with E-state index >= 15 is 0 Å². The van der Waals surface area contributed by atoms with Gasteiger partial charge in [-0.15, -0.1) is 12.4 Å². The molecule has 0 saturated heterocycles. The van der Waals surface area contributed by atoms with Gasteiger partial charge in [0.1, 0.15) is 5.82 Å². The van der Waals surface area contributed by atoms with Crippen LogP contribution in [0.1, 0.15) is 0 Å². The molecule has 3 aromatic rings. The predicted octanol–water partition coefficient (Wildman–Crippen LogP) is 3.11. The third-order valence-electron chi connectivity index (χ3n) is 2.91. The highest BCUT2D eigenvalue weighted by molar-refractivity contribution is 5.85. The van der Waals surface area contributed by atoms with E-state index in [-0.39, 0.29) is 12.4 Å². The Morgan fingerprint density at radius 2 is 1.79 bits per heavy atom. The standard InChI is InChI=1S/C14H14N4.ClH/c1-18(2)11-7-5-10(6-8-11)13-16-12-4-3-9-15-14(12)17-13;/h3-9H,1-2H3,(H,15,16,17);1H. The molecule has 0 fully saturated rings. The minimum absolute atomic E-state index is 0. The lowest BCUT2D eigenvalue weighted by Crippen LogP contribution is -2.07. The number of aromatic nitrogens is 3. The van der Waals surface area contributed by atoms with E-state index in [0.29, 0.717) is 0 Å². The van der Waals surface area contributed by atoms with Crippen LogP contribution in [0.2, 0.25) is 0 Å². The molecule has 2 heterocycles. The summed E-state index contributed by atoms with van der Waals surface area (Å²) in [5, 5.41) is 0. The van der Waals surface area contributed by atoms with Gasteiger partial charge in [0.2, 0.25) is 0 Å². The number of H-pyrrole nitrogens is 1. The Labute approximate surface area is 117 Å². The molecule has 1 N–H and O–H groups in total. The summed E-state index contributed by atoms with van der Waals surface area (Å²) in [6.07, 6.45) is 1.75. The first kappa shape index (κ1) is 13.4. The van der Waals surface area contributed by atoms with Crippen molar-refractivity contribution in [3.63, 3.8) is 0 Å². The van der Waals surface area contributed by atoms with Crippen molar-refractivity contribution in [3.05, 3.63) is 42.6 Å². The fourth-order valence-corrected chi connectivity index (χ4v) is 1.90. The maximum absolute atomic E-state index is 4.48. The number of imidazole rings is 1. The van der Waals surface area contributed by atoms with Gasteiger partial charge in [-0.2, -0.15) is 0 Å². The number of pyridine rings is 1. The molecule has 4 nitrogen and oxygen atoms in total. The predicted molar refractivity (Wildman–Crippen MR) is 80.9 cm³/mol. The maximum atomic E-state index is 4.48. The van der Waals surface area contributed by atoms with Gasteiger partial charge >= 0.3 is 0 Å². The summed E-state index contributed by atoms with van der Waals surface area (Å²) in [7, 11) is 4.06. The average Bonchev–Trinajstić information content (AvgIpc) is 2.82. The monoisotopic (exact) mass is 274 g/mol. The second-order valence-electron chi connectivity index (χ2n) is 4.40. The summed E-state index contributed by atoms with van der Waals surface area (Å²) in [4.78, 5) is 14.0. The summed E-state index contributed by atoms with van der Waals surface area (Å²) >= 11 is 0. The van der Waals surface area contributed by atoms with Crippen LogP contribution in [0.5, 0.6) is 0 Å². The number of hydrogen-bond donors (Lipinski definition) is 1. The van der Waals surface area contributed by atoms with E-state index in [1.165, 1.54) is 5.69 Å². The highest BCUT2D eigenvalue weighted by Crippen LogP contribution is 2.21. The molecule has 0 aliphatic heterocycles. The van der Waals surface area contributed by atoms with Gasteiger partial charge in [0, 0.05) is 31.5 Å². The first-order chi connectivity index (χ1) is 8.74. The van der Waals surface area contributed by atoms with E-state index in [1.807, 2.05) is 26.2 Å². The molecule has 0 amide bonds. The van der Waals surface area contributed by atoms with E-state index < -0.39 is 0 Å². The lowest BCUT2D eigenvalue weighted by Gasteiger charge is -2.11. The van der Waals surface area contributed by atoms with Crippen molar-refractivity contribution >= 4 is 29.3 Å². The fourth-order valence-electron chi connectivity index (χ4n) is 1.90. The molecule has 0 bridgehead atoms. The summed E-state index contributed by atoms with van der Waals surface area (Å²) in [6.45, 7) is 0. The largest absolute Gasteiger partial charge is 0.378 e. The van der Waals surface area contributed by atoms with Crippen LogP contribution in [-0.2, 0) is 0 Å². The minimum atomic E-state index is 0. The molecule has 0 unspecified atom stereocenters. The Balaban J connectivity index is 0.00000133. The van der Waals surface area contributed by atoms with Crippen molar-refractivity contribution in [2.24, 2.45) is 0 Å². The number of anilines is 1. The second kappa shape index (κ2) is 5.28. The van der Waals surface area contributed by atoms with E-state index in [2.05, 4.69) is 44.1 Å². The van der Waals surface area contributed by atoms with Crippen LogP contribution in [0.25, 0.3) is 22.6 Å². The van der Waals surface area contributed by atoms with E-state index in [1.54, 1.807) is 6.20 Å². The third-order valence-corrected chi connectivity index (χ3v) is 2.91. The quantitative estimate of drug-likeness (QED) is 0.781. The molecule has 1 aromatic carbocycles. The van der Waals surface area contributed by atoms with Crippen LogP contribution >= 0.6 is 12.4 Å². The van der Waals surface area contributed by atoms with Crippen molar-refractivity contribution in [1.29, 1.82) is 0 Å². The van der Waals surface area contributed by atoms with Crippen molar-refractivity contribution in [2.45, 2.75) is 0 Å². The van der Waals surface area contributed by atoms with Crippen LogP contribution in [0, 0.1) is 0 Å².